The summed E-state index contributed by atoms with van der Waals surface area (Å²) in [5.41, 5.74) is 1.10. The molecule has 0 aliphatic carbocycles. The van der Waals surface area contributed by atoms with Crippen LogP contribution in [-0.4, -0.2) is 36.2 Å². The number of anilines is 1. The third-order valence-corrected chi connectivity index (χ3v) is 2.95. The molecule has 1 amide bonds. The van der Waals surface area contributed by atoms with E-state index in [0.29, 0.717) is 34.9 Å². The first-order valence-electron chi connectivity index (χ1n) is 6.20. The zero-order valence-electron chi connectivity index (χ0n) is 11.4. The van der Waals surface area contributed by atoms with E-state index in [1.807, 2.05) is 0 Å². The van der Waals surface area contributed by atoms with E-state index in [9.17, 15) is 4.79 Å². The Labute approximate surface area is 130 Å². The van der Waals surface area contributed by atoms with Gasteiger partial charge in [0.25, 0.3) is 5.91 Å². The minimum Gasteiger partial charge on any atom is -0.475 e. The summed E-state index contributed by atoms with van der Waals surface area (Å²) in [6, 6.07) is 6.69. The Hall–Kier alpha value is -1.99. The van der Waals surface area contributed by atoms with Crippen LogP contribution in [0.1, 0.15) is 10.4 Å². The number of pyridine rings is 2. The standard InChI is InChI=1S/C14H14BrN3O3/c1-20-6-7-21-13-3-2-11(9-17-13)18-14(19)10-4-5-16-12(15)8-10/h2-5,8-9H,6-7H2,1H3,(H,18,19). The van der Waals surface area contributed by atoms with Crippen molar-refractivity contribution >= 4 is 27.5 Å². The molecule has 0 aromatic carbocycles. The first-order chi connectivity index (χ1) is 10.2. The second kappa shape index (κ2) is 7.70. The molecule has 0 aliphatic rings. The molecule has 1 N–H and O–H groups in total. The van der Waals surface area contributed by atoms with Crippen molar-refractivity contribution in [1.82, 2.24) is 9.97 Å². The number of carbonyl (C=O) groups excluding carboxylic acids is 1. The number of carbonyl (C=O) groups is 1. The number of methoxy groups -OCH3 is 1. The smallest absolute Gasteiger partial charge is 0.255 e. The molecular formula is C14H14BrN3O3. The van der Waals surface area contributed by atoms with Gasteiger partial charge in [-0.15, -0.1) is 0 Å². The van der Waals surface area contributed by atoms with Crippen molar-refractivity contribution in [1.29, 1.82) is 0 Å². The van der Waals surface area contributed by atoms with E-state index in [-0.39, 0.29) is 5.91 Å². The van der Waals surface area contributed by atoms with Crippen LogP contribution in [0.25, 0.3) is 0 Å². The van der Waals surface area contributed by atoms with Crippen molar-refractivity contribution in [3.05, 3.63) is 46.8 Å². The fraction of sp³-hybridized carbons (Fsp3) is 0.214. The zero-order valence-corrected chi connectivity index (χ0v) is 13.0. The van der Waals surface area contributed by atoms with Gasteiger partial charge < -0.3 is 14.8 Å². The number of hydrogen-bond donors (Lipinski definition) is 1. The molecule has 0 aliphatic heterocycles. The lowest BCUT2D eigenvalue weighted by Crippen LogP contribution is -2.12. The van der Waals surface area contributed by atoms with Gasteiger partial charge in [-0.05, 0) is 34.1 Å². The van der Waals surface area contributed by atoms with Gasteiger partial charge in [0.1, 0.15) is 11.2 Å². The molecule has 0 unspecified atom stereocenters. The molecule has 21 heavy (non-hydrogen) atoms. The molecule has 0 saturated carbocycles. The van der Waals surface area contributed by atoms with Crippen molar-refractivity contribution in [3.8, 4) is 5.88 Å². The van der Waals surface area contributed by atoms with Gasteiger partial charge in [-0.3, -0.25) is 4.79 Å². The summed E-state index contributed by atoms with van der Waals surface area (Å²) in [5.74, 6) is 0.254. The van der Waals surface area contributed by atoms with Gasteiger partial charge in [0.15, 0.2) is 0 Å². The maximum atomic E-state index is 12.0. The average Bonchev–Trinajstić information content (AvgIpc) is 2.49. The van der Waals surface area contributed by atoms with Crippen LogP contribution >= 0.6 is 15.9 Å². The number of nitrogens with zero attached hydrogens (tertiary/aromatic N) is 2. The number of amides is 1. The molecular weight excluding hydrogens is 338 g/mol. The van der Waals surface area contributed by atoms with Crippen LogP contribution in [0, 0.1) is 0 Å². The highest BCUT2D eigenvalue weighted by Gasteiger charge is 2.07. The van der Waals surface area contributed by atoms with Gasteiger partial charge in [0.2, 0.25) is 5.88 Å². The SMILES string of the molecule is COCCOc1ccc(NC(=O)c2ccnc(Br)c2)cn1. The Balaban J connectivity index is 1.95. The molecule has 0 saturated heterocycles. The molecule has 2 heterocycles. The highest BCUT2D eigenvalue weighted by Crippen LogP contribution is 2.14. The minimum atomic E-state index is -0.229. The summed E-state index contributed by atoms with van der Waals surface area (Å²) in [4.78, 5) is 20.1. The third-order valence-electron chi connectivity index (χ3n) is 2.52. The third kappa shape index (κ3) is 4.80. The number of halogens is 1. The van der Waals surface area contributed by atoms with E-state index >= 15 is 0 Å². The quantitative estimate of drug-likeness (QED) is 0.639. The summed E-state index contributed by atoms with van der Waals surface area (Å²) in [6.07, 6.45) is 3.10. The van der Waals surface area contributed by atoms with E-state index < -0.39 is 0 Å². The minimum absolute atomic E-state index is 0.229. The summed E-state index contributed by atoms with van der Waals surface area (Å²) in [6.45, 7) is 0.928. The number of hydrogen-bond acceptors (Lipinski definition) is 5. The molecule has 0 atom stereocenters. The molecule has 0 radical (unpaired) electrons. The maximum Gasteiger partial charge on any atom is 0.255 e. The van der Waals surface area contributed by atoms with Crippen LogP contribution < -0.4 is 10.1 Å². The summed E-state index contributed by atoms with van der Waals surface area (Å²) in [5, 5.41) is 2.75. The molecule has 2 aromatic heterocycles. The van der Waals surface area contributed by atoms with Crippen LogP contribution in [0.2, 0.25) is 0 Å². The van der Waals surface area contributed by atoms with Crippen molar-refractivity contribution < 1.29 is 14.3 Å². The maximum absolute atomic E-state index is 12.0. The van der Waals surface area contributed by atoms with Gasteiger partial charge in [-0.1, -0.05) is 0 Å². The highest BCUT2D eigenvalue weighted by molar-refractivity contribution is 9.10. The van der Waals surface area contributed by atoms with E-state index in [2.05, 4.69) is 31.2 Å². The number of nitrogens with one attached hydrogen (secondary N) is 1. The molecule has 0 bridgehead atoms. The second-order valence-electron chi connectivity index (χ2n) is 4.05. The van der Waals surface area contributed by atoms with E-state index in [1.165, 1.54) is 6.20 Å². The van der Waals surface area contributed by atoms with Crippen molar-refractivity contribution in [2.75, 3.05) is 25.6 Å². The lowest BCUT2D eigenvalue weighted by Gasteiger charge is -2.07. The van der Waals surface area contributed by atoms with Crippen LogP contribution in [0.3, 0.4) is 0 Å². The van der Waals surface area contributed by atoms with Crippen molar-refractivity contribution in [3.63, 3.8) is 0 Å². The van der Waals surface area contributed by atoms with E-state index in [4.69, 9.17) is 9.47 Å². The van der Waals surface area contributed by atoms with E-state index in [0.717, 1.165) is 0 Å². The monoisotopic (exact) mass is 351 g/mol. The molecule has 2 rings (SSSR count). The Morgan fingerprint density at radius 2 is 2.14 bits per heavy atom. The second-order valence-corrected chi connectivity index (χ2v) is 4.86. The van der Waals surface area contributed by atoms with Crippen molar-refractivity contribution in [2.24, 2.45) is 0 Å². The highest BCUT2D eigenvalue weighted by atomic mass is 79.9. The molecule has 2 aromatic rings. The van der Waals surface area contributed by atoms with Crippen LogP contribution in [0.4, 0.5) is 5.69 Å². The summed E-state index contributed by atoms with van der Waals surface area (Å²) < 4.78 is 10.8. The number of rotatable bonds is 6. The normalized spacial score (nSPS) is 10.2. The van der Waals surface area contributed by atoms with Crippen LogP contribution in [-0.2, 0) is 4.74 Å². The molecule has 0 spiro atoms. The lowest BCUT2D eigenvalue weighted by molar-refractivity contribution is 0.102. The fourth-order valence-corrected chi connectivity index (χ4v) is 1.88. The first kappa shape index (κ1) is 15.4. The Morgan fingerprint density at radius 3 is 2.81 bits per heavy atom. The summed E-state index contributed by atoms with van der Waals surface area (Å²) >= 11 is 3.23. The Morgan fingerprint density at radius 1 is 1.29 bits per heavy atom. The predicted octanol–water partition coefficient (Wildman–Crippen LogP) is 2.52. The number of aromatic nitrogens is 2. The van der Waals surface area contributed by atoms with Crippen LogP contribution in [0.15, 0.2) is 41.3 Å². The molecule has 7 heteroatoms. The van der Waals surface area contributed by atoms with Gasteiger partial charge in [0.05, 0.1) is 18.5 Å². The topological polar surface area (TPSA) is 73.3 Å². The van der Waals surface area contributed by atoms with Crippen LogP contribution in [0.5, 0.6) is 5.88 Å². The Bertz CT molecular complexity index is 605. The summed E-state index contributed by atoms with van der Waals surface area (Å²) in [7, 11) is 1.60. The lowest BCUT2D eigenvalue weighted by atomic mass is 10.2. The molecule has 6 nitrogen and oxygen atoms in total. The van der Waals surface area contributed by atoms with Gasteiger partial charge in [-0.2, -0.15) is 0 Å². The fourth-order valence-electron chi connectivity index (χ4n) is 1.52. The average molecular weight is 352 g/mol. The predicted molar refractivity (Wildman–Crippen MR) is 81.5 cm³/mol. The first-order valence-corrected chi connectivity index (χ1v) is 6.99. The van der Waals surface area contributed by atoms with Gasteiger partial charge in [-0.25, -0.2) is 9.97 Å². The Kier molecular flexibility index (Phi) is 5.65. The van der Waals surface area contributed by atoms with Gasteiger partial charge >= 0.3 is 0 Å². The largest absolute Gasteiger partial charge is 0.475 e. The molecule has 110 valence electrons. The zero-order chi connectivity index (χ0) is 15.1. The number of ether oxygens (including phenoxy) is 2. The van der Waals surface area contributed by atoms with E-state index in [1.54, 1.807) is 37.6 Å². The van der Waals surface area contributed by atoms with Gasteiger partial charge in [0, 0.05) is 24.9 Å². The molecule has 0 fully saturated rings. The van der Waals surface area contributed by atoms with Crippen molar-refractivity contribution in [2.45, 2.75) is 0 Å².